The summed E-state index contributed by atoms with van der Waals surface area (Å²) in [6.07, 6.45) is 0.641. The standard InChI is InChI=1S/C25H27ClN2O5S/c1-18-16-23(19(2)28(18)15-13-20-6-4-3-5-7-20)24(29)17-33-25(30)12-14-27-34(31,32)22-10-8-21(26)9-11-22/h3-11,16,27H,12-15,17H2,1-2H3. The lowest BCUT2D eigenvalue weighted by molar-refractivity contribution is -0.142. The zero-order chi connectivity index (χ0) is 24.7. The van der Waals surface area contributed by atoms with Crippen LogP contribution in [0.1, 0.15) is 33.7 Å². The lowest BCUT2D eigenvalue weighted by atomic mass is 10.1. The number of aromatic nitrogens is 1. The third kappa shape index (κ3) is 6.79. The number of rotatable bonds is 11. The van der Waals surface area contributed by atoms with E-state index >= 15 is 0 Å². The number of benzene rings is 2. The Balaban J connectivity index is 1.48. The Bertz CT molecular complexity index is 1250. The molecule has 9 heteroatoms. The monoisotopic (exact) mass is 502 g/mol. The number of ether oxygens (including phenoxy) is 1. The number of esters is 1. The van der Waals surface area contributed by atoms with Crippen molar-refractivity contribution in [2.75, 3.05) is 13.2 Å². The Morgan fingerprint density at radius 1 is 1.03 bits per heavy atom. The average Bonchev–Trinajstić information content (AvgIpc) is 3.10. The van der Waals surface area contributed by atoms with Crippen molar-refractivity contribution in [1.29, 1.82) is 0 Å². The number of aryl methyl sites for hydroxylation is 2. The number of hydrogen-bond acceptors (Lipinski definition) is 5. The quantitative estimate of drug-likeness (QED) is 0.315. The normalized spacial score (nSPS) is 11.4. The van der Waals surface area contributed by atoms with E-state index in [2.05, 4.69) is 21.4 Å². The molecule has 34 heavy (non-hydrogen) atoms. The first-order chi connectivity index (χ1) is 16.2. The highest BCUT2D eigenvalue weighted by Crippen LogP contribution is 2.17. The largest absolute Gasteiger partial charge is 0.457 e. The number of ketones is 1. The van der Waals surface area contributed by atoms with E-state index in [1.807, 2.05) is 32.0 Å². The molecule has 0 amide bonds. The molecule has 0 bridgehead atoms. The molecule has 0 unspecified atom stereocenters. The van der Waals surface area contributed by atoms with Crippen LogP contribution in [0.2, 0.25) is 5.02 Å². The smallest absolute Gasteiger partial charge is 0.307 e. The first kappa shape index (κ1) is 25.7. The van der Waals surface area contributed by atoms with Crippen LogP contribution in [-0.4, -0.2) is 37.9 Å². The summed E-state index contributed by atoms with van der Waals surface area (Å²) in [5.41, 5.74) is 3.51. The molecule has 0 aliphatic heterocycles. The lowest BCUT2D eigenvalue weighted by Gasteiger charge is -2.10. The highest BCUT2D eigenvalue weighted by molar-refractivity contribution is 7.89. The van der Waals surface area contributed by atoms with Gasteiger partial charge in [-0.2, -0.15) is 0 Å². The molecule has 0 aliphatic rings. The van der Waals surface area contributed by atoms with E-state index in [-0.39, 0.29) is 23.6 Å². The Hall–Kier alpha value is -2.94. The van der Waals surface area contributed by atoms with Crippen molar-refractivity contribution >= 4 is 33.4 Å². The van der Waals surface area contributed by atoms with Crippen LogP contribution < -0.4 is 4.72 Å². The number of nitrogens with zero attached hydrogens (tertiary/aromatic N) is 1. The van der Waals surface area contributed by atoms with Crippen molar-refractivity contribution < 1.29 is 22.7 Å². The maximum atomic E-state index is 12.6. The van der Waals surface area contributed by atoms with Gasteiger partial charge in [-0.1, -0.05) is 41.9 Å². The molecule has 7 nitrogen and oxygen atoms in total. The minimum Gasteiger partial charge on any atom is -0.457 e. The Morgan fingerprint density at radius 2 is 1.71 bits per heavy atom. The maximum absolute atomic E-state index is 12.6. The van der Waals surface area contributed by atoms with Crippen molar-refractivity contribution in [3.8, 4) is 0 Å². The highest BCUT2D eigenvalue weighted by atomic mass is 35.5. The zero-order valence-electron chi connectivity index (χ0n) is 19.1. The van der Waals surface area contributed by atoms with Gasteiger partial charge in [0, 0.05) is 35.1 Å². The van der Waals surface area contributed by atoms with Crippen molar-refractivity contribution in [1.82, 2.24) is 9.29 Å². The SMILES string of the molecule is Cc1cc(C(=O)COC(=O)CCNS(=O)(=O)c2ccc(Cl)cc2)c(C)n1CCc1ccccc1. The van der Waals surface area contributed by atoms with Crippen LogP contribution in [0, 0.1) is 13.8 Å². The Morgan fingerprint density at radius 3 is 2.38 bits per heavy atom. The number of carbonyl (C=O) groups excluding carboxylic acids is 2. The van der Waals surface area contributed by atoms with E-state index in [9.17, 15) is 18.0 Å². The van der Waals surface area contributed by atoms with Crippen LogP contribution in [0.3, 0.4) is 0 Å². The first-order valence-electron chi connectivity index (χ1n) is 10.8. The number of hydrogen-bond donors (Lipinski definition) is 1. The number of halogens is 1. The minimum atomic E-state index is -3.77. The van der Waals surface area contributed by atoms with E-state index in [4.69, 9.17) is 16.3 Å². The number of carbonyl (C=O) groups is 2. The molecule has 1 N–H and O–H groups in total. The lowest BCUT2D eigenvalue weighted by Crippen LogP contribution is -2.27. The summed E-state index contributed by atoms with van der Waals surface area (Å²) >= 11 is 5.77. The molecule has 0 atom stereocenters. The van der Waals surface area contributed by atoms with Gasteiger partial charge in [-0.25, -0.2) is 13.1 Å². The zero-order valence-corrected chi connectivity index (χ0v) is 20.7. The second-order valence-electron chi connectivity index (χ2n) is 7.86. The van der Waals surface area contributed by atoms with Crippen molar-refractivity contribution in [3.05, 3.63) is 88.2 Å². The summed E-state index contributed by atoms with van der Waals surface area (Å²) in [6, 6.07) is 17.6. The topological polar surface area (TPSA) is 94.5 Å². The molecule has 0 saturated carbocycles. The van der Waals surface area contributed by atoms with E-state index in [0.717, 1.165) is 24.4 Å². The van der Waals surface area contributed by atoms with E-state index in [0.29, 0.717) is 10.6 Å². The van der Waals surface area contributed by atoms with Gasteiger partial charge in [-0.05, 0) is 56.2 Å². The van der Waals surface area contributed by atoms with E-state index < -0.39 is 22.6 Å². The van der Waals surface area contributed by atoms with Crippen molar-refractivity contribution in [2.45, 2.75) is 38.1 Å². The van der Waals surface area contributed by atoms with Gasteiger partial charge in [0.15, 0.2) is 6.61 Å². The number of Topliss-reactive ketones (excluding diaryl/α,β-unsaturated/α-hetero) is 1. The number of nitrogens with one attached hydrogen (secondary N) is 1. The van der Waals surface area contributed by atoms with Crippen LogP contribution in [-0.2, 0) is 32.5 Å². The predicted molar refractivity (Wildman–Crippen MR) is 131 cm³/mol. The summed E-state index contributed by atoms with van der Waals surface area (Å²) < 4.78 is 33.9. The molecule has 1 heterocycles. The maximum Gasteiger partial charge on any atom is 0.307 e. The fourth-order valence-electron chi connectivity index (χ4n) is 3.59. The summed E-state index contributed by atoms with van der Waals surface area (Å²) in [5.74, 6) is -0.959. The van der Waals surface area contributed by atoms with Gasteiger partial charge in [-0.3, -0.25) is 9.59 Å². The summed E-state index contributed by atoms with van der Waals surface area (Å²) in [6.45, 7) is 4.01. The van der Waals surface area contributed by atoms with Crippen LogP contribution in [0.15, 0.2) is 65.6 Å². The molecule has 180 valence electrons. The van der Waals surface area contributed by atoms with Crippen molar-refractivity contribution in [2.24, 2.45) is 0 Å². The van der Waals surface area contributed by atoms with E-state index in [1.54, 1.807) is 6.07 Å². The number of sulfonamides is 1. The van der Waals surface area contributed by atoms with Gasteiger partial charge < -0.3 is 9.30 Å². The molecule has 2 aromatic carbocycles. The molecule has 0 radical (unpaired) electrons. The van der Waals surface area contributed by atoms with Gasteiger partial charge >= 0.3 is 5.97 Å². The molecule has 0 fully saturated rings. The molecule has 1 aromatic heterocycles. The average molecular weight is 503 g/mol. The van der Waals surface area contributed by atoms with Gasteiger partial charge in [-0.15, -0.1) is 0 Å². The first-order valence-corrected chi connectivity index (χ1v) is 12.7. The van der Waals surface area contributed by atoms with E-state index in [1.165, 1.54) is 29.8 Å². The van der Waals surface area contributed by atoms with Gasteiger partial charge in [0.05, 0.1) is 11.3 Å². The van der Waals surface area contributed by atoms with Gasteiger partial charge in [0.25, 0.3) is 0 Å². The fraction of sp³-hybridized carbons (Fsp3) is 0.280. The third-order valence-electron chi connectivity index (χ3n) is 5.45. The van der Waals surface area contributed by atoms with Crippen molar-refractivity contribution in [3.63, 3.8) is 0 Å². The molecule has 0 spiro atoms. The van der Waals surface area contributed by atoms with Crippen LogP contribution in [0.4, 0.5) is 0 Å². The Kier molecular flexibility index (Phi) is 8.66. The fourth-order valence-corrected chi connectivity index (χ4v) is 4.75. The minimum absolute atomic E-state index is 0.0445. The van der Waals surface area contributed by atoms with Crippen LogP contribution >= 0.6 is 11.6 Å². The van der Waals surface area contributed by atoms with Gasteiger partial charge in [0.1, 0.15) is 0 Å². The van der Waals surface area contributed by atoms with Crippen LogP contribution in [0.5, 0.6) is 0 Å². The van der Waals surface area contributed by atoms with Gasteiger partial charge in [0.2, 0.25) is 15.8 Å². The summed E-state index contributed by atoms with van der Waals surface area (Å²) in [7, 11) is -3.77. The Labute approximate surface area is 204 Å². The second-order valence-corrected chi connectivity index (χ2v) is 10.1. The molecular weight excluding hydrogens is 476 g/mol. The highest BCUT2D eigenvalue weighted by Gasteiger charge is 2.18. The van der Waals surface area contributed by atoms with Crippen LogP contribution in [0.25, 0.3) is 0 Å². The second kappa shape index (κ2) is 11.5. The molecule has 3 aromatic rings. The summed E-state index contributed by atoms with van der Waals surface area (Å²) in [5, 5.41) is 0.421. The summed E-state index contributed by atoms with van der Waals surface area (Å²) in [4.78, 5) is 24.7. The molecular formula is C25H27ClN2O5S. The predicted octanol–water partition coefficient (Wildman–Crippen LogP) is 4.10. The molecule has 0 aliphatic carbocycles. The third-order valence-corrected chi connectivity index (χ3v) is 7.18. The molecule has 0 saturated heterocycles. The molecule has 3 rings (SSSR count).